The van der Waals surface area contributed by atoms with E-state index >= 15 is 0 Å². The molecule has 1 aromatic heterocycles. The van der Waals surface area contributed by atoms with Crippen LogP contribution in [0.5, 0.6) is 0 Å². The summed E-state index contributed by atoms with van der Waals surface area (Å²) in [6.45, 7) is 3.79. The molecule has 21 heavy (non-hydrogen) atoms. The van der Waals surface area contributed by atoms with E-state index in [0.717, 1.165) is 16.0 Å². The Hall–Kier alpha value is -2.14. The van der Waals surface area contributed by atoms with E-state index in [1.807, 2.05) is 37.4 Å². The van der Waals surface area contributed by atoms with E-state index < -0.39 is 12.0 Å². The van der Waals surface area contributed by atoms with Crippen LogP contribution in [-0.4, -0.2) is 17.0 Å². The second-order valence-corrected chi connectivity index (χ2v) is 5.92. The van der Waals surface area contributed by atoms with E-state index in [0.29, 0.717) is 5.56 Å². The van der Waals surface area contributed by atoms with Gasteiger partial charge in [0.05, 0.1) is 6.42 Å². The summed E-state index contributed by atoms with van der Waals surface area (Å²) in [4.78, 5) is 24.4. The number of rotatable bonds is 5. The van der Waals surface area contributed by atoms with Gasteiger partial charge in [-0.05, 0) is 42.0 Å². The Morgan fingerprint density at radius 1 is 1.24 bits per heavy atom. The number of aliphatic carboxylic acids is 1. The van der Waals surface area contributed by atoms with Crippen molar-refractivity contribution in [1.82, 2.24) is 5.32 Å². The summed E-state index contributed by atoms with van der Waals surface area (Å²) in [6.07, 6.45) is 0.201. The number of amides is 1. The Labute approximate surface area is 127 Å². The van der Waals surface area contributed by atoms with Gasteiger partial charge in [0.1, 0.15) is 0 Å². The predicted octanol–water partition coefficient (Wildman–Crippen LogP) is 2.85. The van der Waals surface area contributed by atoms with Crippen molar-refractivity contribution in [2.24, 2.45) is 0 Å². The highest BCUT2D eigenvalue weighted by Gasteiger charge is 2.24. The molecule has 1 unspecified atom stereocenters. The van der Waals surface area contributed by atoms with E-state index in [-0.39, 0.29) is 12.3 Å². The molecular weight excluding hydrogens is 286 g/mol. The summed E-state index contributed by atoms with van der Waals surface area (Å²) in [5, 5.41) is 13.9. The highest BCUT2D eigenvalue weighted by molar-refractivity contribution is 7.10. The summed E-state index contributed by atoms with van der Waals surface area (Å²) < 4.78 is 0. The molecule has 0 saturated heterocycles. The molecular formula is C16H17NO3S. The van der Waals surface area contributed by atoms with E-state index in [9.17, 15) is 14.7 Å². The molecule has 0 aliphatic carbocycles. The number of carboxylic acids is 1. The molecule has 5 heteroatoms. The van der Waals surface area contributed by atoms with Crippen molar-refractivity contribution in [1.29, 1.82) is 0 Å². The first-order chi connectivity index (χ1) is 9.99. The van der Waals surface area contributed by atoms with Crippen LogP contribution in [0.25, 0.3) is 0 Å². The fourth-order valence-corrected chi connectivity index (χ4v) is 2.85. The quantitative estimate of drug-likeness (QED) is 0.892. The largest absolute Gasteiger partial charge is 0.479 e. The van der Waals surface area contributed by atoms with Gasteiger partial charge in [0.25, 0.3) is 0 Å². The summed E-state index contributed by atoms with van der Waals surface area (Å²) in [6, 6.07) is 8.18. The number of carboxylic acid groups (broad SMARTS) is 1. The lowest BCUT2D eigenvalue weighted by molar-refractivity contribution is -0.142. The second-order valence-electron chi connectivity index (χ2n) is 4.88. The van der Waals surface area contributed by atoms with Crippen molar-refractivity contribution in [3.63, 3.8) is 0 Å². The molecule has 4 nitrogen and oxygen atoms in total. The Kier molecular flexibility index (Phi) is 4.75. The van der Waals surface area contributed by atoms with Crippen LogP contribution in [-0.2, 0) is 16.0 Å². The predicted molar refractivity (Wildman–Crippen MR) is 82.5 cm³/mol. The molecule has 0 bridgehead atoms. The maximum atomic E-state index is 12.0. The third-order valence-corrected chi connectivity index (χ3v) is 4.30. The van der Waals surface area contributed by atoms with Gasteiger partial charge in [0.15, 0.2) is 6.04 Å². The van der Waals surface area contributed by atoms with Gasteiger partial charge in [-0.25, -0.2) is 4.79 Å². The number of nitrogens with one attached hydrogen (secondary N) is 1. The fourth-order valence-electron chi connectivity index (χ4n) is 2.14. The minimum absolute atomic E-state index is 0.201. The summed E-state index contributed by atoms with van der Waals surface area (Å²) in [7, 11) is 0. The molecule has 110 valence electrons. The van der Waals surface area contributed by atoms with Crippen molar-refractivity contribution in [2.75, 3.05) is 0 Å². The molecule has 0 aliphatic rings. The fraction of sp³-hybridized carbons (Fsp3) is 0.250. The van der Waals surface area contributed by atoms with E-state index in [1.54, 1.807) is 12.1 Å². The zero-order valence-corrected chi connectivity index (χ0v) is 12.7. The number of aryl methyl sites for hydroxylation is 1. The third-order valence-electron chi connectivity index (χ3n) is 3.42. The SMILES string of the molecule is Cc1cccc(C(NC(=O)Cc2cccs2)C(=O)O)c1C. The van der Waals surface area contributed by atoms with Crippen LogP contribution in [0.3, 0.4) is 0 Å². The molecule has 0 spiro atoms. The first-order valence-corrected chi connectivity index (χ1v) is 7.47. The van der Waals surface area contributed by atoms with Crippen LogP contribution in [0.15, 0.2) is 35.7 Å². The van der Waals surface area contributed by atoms with Gasteiger partial charge in [-0.3, -0.25) is 4.79 Å². The lowest BCUT2D eigenvalue weighted by Crippen LogP contribution is -2.35. The molecule has 1 aromatic carbocycles. The Morgan fingerprint density at radius 3 is 2.62 bits per heavy atom. The van der Waals surface area contributed by atoms with E-state index in [4.69, 9.17) is 0 Å². The van der Waals surface area contributed by atoms with Crippen molar-refractivity contribution < 1.29 is 14.7 Å². The van der Waals surface area contributed by atoms with Crippen molar-refractivity contribution >= 4 is 23.2 Å². The Morgan fingerprint density at radius 2 is 2.00 bits per heavy atom. The molecule has 2 aromatic rings. The average molecular weight is 303 g/mol. The third kappa shape index (κ3) is 3.70. The number of benzene rings is 1. The molecule has 2 rings (SSSR count). The van der Waals surface area contributed by atoms with Gasteiger partial charge >= 0.3 is 5.97 Å². The maximum Gasteiger partial charge on any atom is 0.330 e. The van der Waals surface area contributed by atoms with E-state index in [1.165, 1.54) is 11.3 Å². The van der Waals surface area contributed by atoms with Crippen LogP contribution in [0.4, 0.5) is 0 Å². The molecule has 1 amide bonds. The molecule has 1 heterocycles. The van der Waals surface area contributed by atoms with Crippen molar-refractivity contribution in [3.8, 4) is 0 Å². The van der Waals surface area contributed by atoms with Crippen LogP contribution in [0, 0.1) is 13.8 Å². The van der Waals surface area contributed by atoms with Gasteiger partial charge in [-0.15, -0.1) is 11.3 Å². The maximum absolute atomic E-state index is 12.0. The number of hydrogen-bond donors (Lipinski definition) is 2. The van der Waals surface area contributed by atoms with Gasteiger partial charge in [0, 0.05) is 4.88 Å². The highest BCUT2D eigenvalue weighted by atomic mass is 32.1. The zero-order chi connectivity index (χ0) is 15.4. The second kappa shape index (κ2) is 6.54. The lowest BCUT2D eigenvalue weighted by atomic mass is 9.97. The number of carbonyl (C=O) groups is 2. The highest BCUT2D eigenvalue weighted by Crippen LogP contribution is 2.21. The zero-order valence-electron chi connectivity index (χ0n) is 11.9. The van der Waals surface area contributed by atoms with Gasteiger partial charge in [-0.1, -0.05) is 24.3 Å². The number of thiophene rings is 1. The van der Waals surface area contributed by atoms with E-state index in [2.05, 4.69) is 5.32 Å². The molecule has 0 fully saturated rings. The Bertz CT molecular complexity index is 650. The first kappa shape index (κ1) is 15.3. The first-order valence-electron chi connectivity index (χ1n) is 6.59. The van der Waals surface area contributed by atoms with Crippen LogP contribution in [0.1, 0.15) is 27.6 Å². The molecule has 1 atom stereocenters. The van der Waals surface area contributed by atoms with Crippen molar-refractivity contribution in [3.05, 3.63) is 57.3 Å². The van der Waals surface area contributed by atoms with Gasteiger partial charge < -0.3 is 10.4 Å². The minimum atomic E-state index is -1.05. The smallest absolute Gasteiger partial charge is 0.330 e. The van der Waals surface area contributed by atoms with Crippen molar-refractivity contribution in [2.45, 2.75) is 26.3 Å². The molecule has 0 saturated carbocycles. The van der Waals surface area contributed by atoms with Crippen LogP contribution in [0.2, 0.25) is 0 Å². The summed E-state index contributed by atoms with van der Waals surface area (Å²) in [5.74, 6) is -1.34. The normalized spacial score (nSPS) is 11.9. The molecule has 2 N–H and O–H groups in total. The molecule has 0 radical (unpaired) electrons. The number of hydrogen-bond acceptors (Lipinski definition) is 3. The molecule has 0 aliphatic heterocycles. The summed E-state index contributed by atoms with van der Waals surface area (Å²) in [5.41, 5.74) is 2.52. The lowest BCUT2D eigenvalue weighted by Gasteiger charge is -2.18. The Balaban J connectivity index is 2.18. The van der Waals surface area contributed by atoms with Crippen LogP contribution < -0.4 is 5.32 Å². The summed E-state index contributed by atoms with van der Waals surface area (Å²) >= 11 is 1.48. The monoisotopic (exact) mass is 303 g/mol. The van der Waals surface area contributed by atoms with Gasteiger partial charge in [0.2, 0.25) is 5.91 Å². The average Bonchev–Trinajstić information content (AvgIpc) is 2.92. The minimum Gasteiger partial charge on any atom is -0.479 e. The standard InChI is InChI=1S/C16H17NO3S/c1-10-5-3-7-13(11(10)2)15(16(19)20)17-14(18)9-12-6-4-8-21-12/h3-8,15H,9H2,1-2H3,(H,17,18)(H,19,20). The van der Waals surface area contributed by atoms with Crippen LogP contribution >= 0.6 is 11.3 Å². The number of carbonyl (C=O) groups excluding carboxylic acids is 1. The van der Waals surface area contributed by atoms with Gasteiger partial charge in [-0.2, -0.15) is 0 Å². The topological polar surface area (TPSA) is 66.4 Å².